The van der Waals surface area contributed by atoms with Gasteiger partial charge in [-0.15, -0.1) is 22.9 Å². The summed E-state index contributed by atoms with van der Waals surface area (Å²) in [6.45, 7) is 2.56. The maximum atomic E-state index is 13.2. The van der Waals surface area contributed by atoms with Crippen molar-refractivity contribution < 1.29 is 19.1 Å². The SMILES string of the molecule is Cc1cnncc1-c1ccc(C(=O)NCC(=O)C2CCCCC2N2C[C@H](Cl)[C@H]3OCC(=O)[C@H]32)s1. The normalized spacial score (nSPS) is 29.2. The summed E-state index contributed by atoms with van der Waals surface area (Å²) < 4.78 is 5.62. The molecule has 4 heterocycles. The van der Waals surface area contributed by atoms with E-state index in [0.29, 0.717) is 11.4 Å². The van der Waals surface area contributed by atoms with Gasteiger partial charge in [0.05, 0.1) is 41.3 Å². The van der Waals surface area contributed by atoms with Gasteiger partial charge < -0.3 is 10.1 Å². The number of alkyl halides is 1. The van der Waals surface area contributed by atoms with Crippen molar-refractivity contribution in [1.29, 1.82) is 0 Å². The highest BCUT2D eigenvalue weighted by Crippen LogP contribution is 2.38. The molecule has 10 heteroatoms. The summed E-state index contributed by atoms with van der Waals surface area (Å²) in [7, 11) is 0. The number of carbonyl (C=O) groups excluding carboxylic acids is 3. The van der Waals surface area contributed by atoms with E-state index in [1.54, 1.807) is 18.5 Å². The summed E-state index contributed by atoms with van der Waals surface area (Å²) in [5.41, 5.74) is 1.92. The number of hydrogen-bond acceptors (Lipinski definition) is 8. The van der Waals surface area contributed by atoms with Crippen molar-refractivity contribution in [3.8, 4) is 10.4 Å². The number of carbonyl (C=O) groups is 3. The second-order valence-corrected chi connectivity index (χ2v) is 10.9. The third kappa shape index (κ3) is 4.42. The molecular weight excluding hydrogens is 476 g/mol. The van der Waals surface area contributed by atoms with Crippen LogP contribution in [0.3, 0.4) is 0 Å². The van der Waals surface area contributed by atoms with Crippen molar-refractivity contribution >= 4 is 40.4 Å². The maximum Gasteiger partial charge on any atom is 0.261 e. The quantitative estimate of drug-likeness (QED) is 0.606. The first-order chi connectivity index (χ1) is 16.4. The number of hydrogen-bond donors (Lipinski definition) is 1. The number of thiophene rings is 1. The van der Waals surface area contributed by atoms with E-state index in [4.69, 9.17) is 16.3 Å². The van der Waals surface area contributed by atoms with Gasteiger partial charge in [0, 0.05) is 28.9 Å². The Morgan fingerprint density at radius 2 is 2.03 bits per heavy atom. The Bertz CT molecular complexity index is 1110. The third-order valence-electron chi connectivity index (χ3n) is 7.18. The first kappa shape index (κ1) is 23.5. The average Bonchev–Trinajstić information content (AvgIpc) is 3.56. The van der Waals surface area contributed by atoms with Crippen LogP contribution in [0.4, 0.5) is 0 Å². The second kappa shape index (κ2) is 9.81. The van der Waals surface area contributed by atoms with Gasteiger partial charge in [-0.1, -0.05) is 12.8 Å². The van der Waals surface area contributed by atoms with Crippen LogP contribution in [-0.2, 0) is 14.3 Å². The molecule has 1 saturated carbocycles. The molecule has 0 radical (unpaired) electrons. The fraction of sp³-hybridized carbons (Fsp3) is 0.542. The van der Waals surface area contributed by atoms with Crippen LogP contribution in [-0.4, -0.2) is 75.8 Å². The van der Waals surface area contributed by atoms with Crippen molar-refractivity contribution in [3.05, 3.63) is 35.0 Å². The van der Waals surface area contributed by atoms with Crippen molar-refractivity contribution in [2.24, 2.45) is 5.92 Å². The van der Waals surface area contributed by atoms with Crippen LogP contribution in [0.25, 0.3) is 10.4 Å². The van der Waals surface area contributed by atoms with Crippen LogP contribution in [0.1, 0.15) is 40.9 Å². The van der Waals surface area contributed by atoms with Gasteiger partial charge >= 0.3 is 0 Å². The van der Waals surface area contributed by atoms with E-state index in [2.05, 4.69) is 20.4 Å². The number of aryl methyl sites for hydroxylation is 1. The van der Waals surface area contributed by atoms with E-state index in [-0.39, 0.29) is 60.1 Å². The summed E-state index contributed by atoms with van der Waals surface area (Å²) in [4.78, 5) is 42.0. The number of ketones is 2. The van der Waals surface area contributed by atoms with E-state index in [0.717, 1.165) is 41.7 Å². The summed E-state index contributed by atoms with van der Waals surface area (Å²) in [6.07, 6.45) is 6.66. The number of amides is 1. The van der Waals surface area contributed by atoms with Gasteiger partial charge in [0.25, 0.3) is 5.91 Å². The van der Waals surface area contributed by atoms with Gasteiger partial charge in [-0.3, -0.25) is 19.3 Å². The summed E-state index contributed by atoms with van der Waals surface area (Å²) in [5.74, 6) is -0.441. The van der Waals surface area contributed by atoms with E-state index in [1.807, 2.05) is 13.0 Å². The number of rotatable bonds is 6. The number of ether oxygens (including phenoxy) is 1. The lowest BCUT2D eigenvalue weighted by atomic mass is 9.80. The van der Waals surface area contributed by atoms with E-state index < -0.39 is 0 Å². The largest absolute Gasteiger partial charge is 0.367 e. The number of likely N-dealkylation sites (tertiary alicyclic amines) is 1. The zero-order valence-electron chi connectivity index (χ0n) is 18.9. The van der Waals surface area contributed by atoms with Gasteiger partial charge in [0.1, 0.15) is 6.61 Å². The van der Waals surface area contributed by atoms with Crippen LogP contribution in [0, 0.1) is 12.8 Å². The lowest BCUT2D eigenvalue weighted by Crippen LogP contribution is -2.52. The van der Waals surface area contributed by atoms with Crippen molar-refractivity contribution in [2.45, 2.75) is 56.2 Å². The Morgan fingerprint density at radius 3 is 2.85 bits per heavy atom. The topological polar surface area (TPSA) is 101 Å². The molecule has 2 unspecified atom stereocenters. The Hall–Kier alpha value is -2.20. The number of nitrogens with one attached hydrogen (secondary N) is 1. The molecule has 2 aromatic rings. The first-order valence-electron chi connectivity index (χ1n) is 11.7. The zero-order valence-corrected chi connectivity index (χ0v) is 20.5. The Balaban J connectivity index is 1.24. The lowest BCUT2D eigenvalue weighted by Gasteiger charge is -2.39. The van der Waals surface area contributed by atoms with Crippen molar-refractivity contribution in [2.75, 3.05) is 19.7 Å². The molecule has 1 N–H and O–H groups in total. The van der Waals surface area contributed by atoms with Gasteiger partial charge in [0.2, 0.25) is 0 Å². The number of nitrogens with zero attached hydrogens (tertiary/aromatic N) is 3. The molecular formula is C24H27ClN4O4S. The number of Topliss-reactive ketones (excluding diaryl/α,β-unsaturated/α-hetero) is 2. The molecule has 5 rings (SSSR count). The Morgan fingerprint density at radius 1 is 1.24 bits per heavy atom. The molecule has 5 atom stereocenters. The molecule has 3 fully saturated rings. The van der Waals surface area contributed by atoms with Crippen molar-refractivity contribution in [1.82, 2.24) is 20.4 Å². The third-order valence-corrected chi connectivity index (χ3v) is 8.68. The molecule has 1 amide bonds. The highest BCUT2D eigenvalue weighted by atomic mass is 35.5. The predicted octanol–water partition coefficient (Wildman–Crippen LogP) is 2.63. The molecule has 34 heavy (non-hydrogen) atoms. The standard InChI is InChI=1S/C24H27ClN4O4S/c1-13-8-27-28-9-15(13)20-6-7-21(34-20)24(32)26-10-18(30)14-4-2-3-5-17(14)29-11-16(25)23-22(29)19(31)12-33-23/h6-9,14,16-17,22-23H,2-5,10-12H2,1H3,(H,26,32)/t14?,16-,17?,22+,23+/m0/s1. The van der Waals surface area contributed by atoms with E-state index >= 15 is 0 Å². The number of fused-ring (bicyclic) bond motifs is 1. The predicted molar refractivity (Wildman–Crippen MR) is 128 cm³/mol. The van der Waals surface area contributed by atoms with Gasteiger partial charge in [-0.2, -0.15) is 10.2 Å². The molecule has 0 spiro atoms. The average molecular weight is 503 g/mol. The van der Waals surface area contributed by atoms with Gasteiger partial charge in [0.15, 0.2) is 11.6 Å². The van der Waals surface area contributed by atoms with Crippen LogP contribution >= 0.6 is 22.9 Å². The van der Waals surface area contributed by atoms with Crippen LogP contribution in [0.2, 0.25) is 0 Å². The molecule has 1 aliphatic carbocycles. The first-order valence-corrected chi connectivity index (χ1v) is 12.9. The van der Waals surface area contributed by atoms with E-state index in [9.17, 15) is 14.4 Å². The fourth-order valence-electron chi connectivity index (χ4n) is 5.49. The Kier molecular flexibility index (Phi) is 6.79. The van der Waals surface area contributed by atoms with Gasteiger partial charge in [-0.05, 0) is 37.5 Å². The molecule has 3 aliphatic rings. The minimum absolute atomic E-state index is 0.00458. The lowest BCUT2D eigenvalue weighted by molar-refractivity contribution is -0.128. The molecule has 180 valence electrons. The zero-order chi connectivity index (χ0) is 23.8. The van der Waals surface area contributed by atoms with Gasteiger partial charge in [-0.25, -0.2) is 0 Å². The minimum atomic E-state index is -0.355. The summed E-state index contributed by atoms with van der Waals surface area (Å²) >= 11 is 7.84. The number of aromatic nitrogens is 2. The monoisotopic (exact) mass is 502 g/mol. The maximum absolute atomic E-state index is 13.2. The number of halogens is 1. The second-order valence-electron chi connectivity index (χ2n) is 9.26. The summed E-state index contributed by atoms with van der Waals surface area (Å²) in [6, 6.07) is 3.25. The Labute approximate surface area is 207 Å². The molecule has 0 aromatic carbocycles. The smallest absolute Gasteiger partial charge is 0.261 e. The minimum Gasteiger partial charge on any atom is -0.367 e. The molecule has 2 saturated heterocycles. The van der Waals surface area contributed by atoms with Crippen LogP contribution in [0.5, 0.6) is 0 Å². The summed E-state index contributed by atoms with van der Waals surface area (Å²) in [5, 5.41) is 10.4. The fourth-order valence-corrected chi connectivity index (χ4v) is 6.86. The van der Waals surface area contributed by atoms with Crippen LogP contribution < -0.4 is 5.32 Å². The van der Waals surface area contributed by atoms with Crippen molar-refractivity contribution in [3.63, 3.8) is 0 Å². The highest BCUT2D eigenvalue weighted by molar-refractivity contribution is 7.17. The van der Waals surface area contributed by atoms with Crippen LogP contribution in [0.15, 0.2) is 24.5 Å². The molecule has 8 nitrogen and oxygen atoms in total. The van der Waals surface area contributed by atoms with E-state index in [1.165, 1.54) is 11.3 Å². The molecule has 0 bridgehead atoms. The molecule has 2 aromatic heterocycles. The highest BCUT2D eigenvalue weighted by Gasteiger charge is 2.53. The molecule has 2 aliphatic heterocycles.